The summed E-state index contributed by atoms with van der Waals surface area (Å²) in [7, 11) is -1.17. The molecule has 0 aromatic heterocycles. The largest absolute Gasteiger partial charge is 0.492 e. The normalized spacial score (nSPS) is 19.0. The molecule has 1 aliphatic heterocycles. The molecular weight excluding hydrogens is 247 g/mol. The minimum absolute atomic E-state index is 0.00816. The summed E-state index contributed by atoms with van der Waals surface area (Å²) in [6.45, 7) is 3.26. The zero-order chi connectivity index (χ0) is 12.8. The van der Waals surface area contributed by atoms with Gasteiger partial charge in [-0.25, -0.2) is 4.39 Å². The smallest absolute Gasteiger partial charge is 0.423 e. The van der Waals surface area contributed by atoms with E-state index in [2.05, 4.69) is 5.18 Å². The van der Waals surface area contributed by atoms with Crippen LogP contribution in [0.3, 0.4) is 0 Å². The van der Waals surface area contributed by atoms with Crippen LogP contribution >= 0.6 is 11.6 Å². The van der Waals surface area contributed by atoms with Crippen molar-refractivity contribution in [2.45, 2.75) is 24.9 Å². The van der Waals surface area contributed by atoms with Crippen LogP contribution in [0.25, 0.3) is 0 Å². The van der Waals surface area contributed by atoms with E-state index in [4.69, 9.17) is 16.3 Å². The molecule has 0 aliphatic carbocycles. The monoisotopic (exact) mass is 257 g/mol. The van der Waals surface area contributed by atoms with Crippen molar-refractivity contribution in [2.24, 2.45) is 5.18 Å². The molecule has 1 aromatic carbocycles. The third kappa shape index (κ3) is 1.86. The van der Waals surface area contributed by atoms with Crippen LogP contribution in [0, 0.1) is 10.7 Å². The maximum atomic E-state index is 14.2. The summed E-state index contributed by atoms with van der Waals surface area (Å²) in [5.74, 6) is -0.649. The van der Waals surface area contributed by atoms with Crippen LogP contribution in [-0.2, 0) is 10.3 Å². The van der Waals surface area contributed by atoms with Crippen molar-refractivity contribution in [3.8, 4) is 0 Å². The summed E-state index contributed by atoms with van der Waals surface area (Å²) in [4.78, 5) is 10.4. The van der Waals surface area contributed by atoms with Gasteiger partial charge in [0.1, 0.15) is 5.82 Å². The van der Waals surface area contributed by atoms with Gasteiger partial charge in [-0.1, -0.05) is 23.7 Å². The number of alkyl halides is 1. The Morgan fingerprint density at radius 2 is 2.24 bits per heavy atom. The number of nitroso groups, excluding NO2 is 1. The van der Waals surface area contributed by atoms with Gasteiger partial charge in [0.05, 0.1) is 5.60 Å². The van der Waals surface area contributed by atoms with Crippen molar-refractivity contribution in [1.29, 1.82) is 0 Å². The second-order valence-corrected chi connectivity index (χ2v) is 4.77. The van der Waals surface area contributed by atoms with Gasteiger partial charge in [-0.15, -0.1) is 4.91 Å². The van der Waals surface area contributed by atoms with Gasteiger partial charge in [-0.2, -0.15) is 0 Å². The van der Waals surface area contributed by atoms with Crippen molar-refractivity contribution in [3.05, 3.63) is 34.0 Å². The maximum absolute atomic E-state index is 14.2. The molecule has 90 valence electrons. The van der Waals surface area contributed by atoms with Crippen molar-refractivity contribution in [3.63, 3.8) is 0 Å². The number of halogens is 2. The molecule has 1 aliphatic rings. The molecule has 0 radical (unpaired) electrons. The van der Waals surface area contributed by atoms with Crippen LogP contribution in [0.4, 0.5) is 4.39 Å². The second kappa shape index (κ2) is 4.05. The van der Waals surface area contributed by atoms with Crippen LogP contribution in [0.2, 0.25) is 0 Å². The molecule has 0 fully saturated rings. The molecule has 1 aromatic rings. The lowest BCUT2D eigenvalue weighted by molar-refractivity contribution is 0.0972. The first-order chi connectivity index (χ1) is 7.88. The summed E-state index contributed by atoms with van der Waals surface area (Å²) in [6.07, 6.45) is 0. The fraction of sp³-hybridized carbons (Fsp3) is 0.400. The van der Waals surface area contributed by atoms with Gasteiger partial charge in [-0.3, -0.25) is 0 Å². The lowest BCUT2D eigenvalue weighted by atomic mass is 9.77. The highest BCUT2D eigenvalue weighted by Gasteiger charge is 2.43. The highest BCUT2D eigenvalue weighted by Crippen LogP contribution is 2.35. The van der Waals surface area contributed by atoms with Gasteiger partial charge >= 0.3 is 7.12 Å². The van der Waals surface area contributed by atoms with E-state index in [1.54, 1.807) is 13.8 Å². The number of rotatable bonds is 2. The minimum atomic E-state index is -1.28. The second-order valence-electron chi connectivity index (χ2n) is 4.35. The Hall–Kier alpha value is -0.975. The number of fused-ring (bicyclic) bond motifs is 1. The average molecular weight is 257 g/mol. The summed E-state index contributed by atoms with van der Waals surface area (Å²) < 4.78 is 19.4. The van der Waals surface area contributed by atoms with E-state index < -0.39 is 24.0 Å². The Morgan fingerprint density at radius 3 is 2.82 bits per heavy atom. The van der Waals surface area contributed by atoms with Crippen LogP contribution < -0.4 is 5.46 Å². The predicted molar refractivity (Wildman–Crippen MR) is 62.5 cm³/mol. The van der Waals surface area contributed by atoms with Gasteiger partial charge in [0.2, 0.25) is 0 Å². The van der Waals surface area contributed by atoms with Gasteiger partial charge in [0, 0.05) is 11.1 Å². The highest BCUT2D eigenvalue weighted by molar-refractivity contribution is 6.62. The molecular formula is C10H10BClFNO3. The average Bonchev–Trinajstić information content (AvgIpc) is 2.49. The summed E-state index contributed by atoms with van der Waals surface area (Å²) in [6, 6.07) is 2.83. The number of benzene rings is 1. The molecule has 1 unspecified atom stereocenters. The van der Waals surface area contributed by atoms with Crippen molar-refractivity contribution in [1.82, 2.24) is 0 Å². The molecule has 17 heavy (non-hydrogen) atoms. The molecule has 7 heteroatoms. The SMILES string of the molecule is CC1(C)OB(O)c2ccc(C(Cl)N=O)c(F)c21. The zero-order valence-corrected chi connectivity index (χ0v) is 10.0. The quantitative estimate of drug-likeness (QED) is 0.380. The molecule has 0 saturated carbocycles. The lowest BCUT2D eigenvalue weighted by Gasteiger charge is -2.21. The maximum Gasteiger partial charge on any atom is 0.492 e. The van der Waals surface area contributed by atoms with E-state index in [1.165, 1.54) is 12.1 Å². The first-order valence-corrected chi connectivity index (χ1v) is 5.47. The predicted octanol–water partition coefficient (Wildman–Crippen LogP) is 1.78. The van der Waals surface area contributed by atoms with E-state index >= 15 is 0 Å². The fourth-order valence-electron chi connectivity index (χ4n) is 2.07. The Morgan fingerprint density at radius 1 is 1.59 bits per heavy atom. The zero-order valence-electron chi connectivity index (χ0n) is 9.28. The Bertz CT molecular complexity index is 483. The standard InChI is InChI=1S/C10H10BClFNO3/c1-10(2)7-6(11(15)17-10)4-3-5(8(7)13)9(12)14-16/h3-4,9,15H,1-2H3. The van der Waals surface area contributed by atoms with Crippen molar-refractivity contribution >= 4 is 24.2 Å². The molecule has 1 heterocycles. The highest BCUT2D eigenvalue weighted by atomic mass is 35.5. The molecule has 0 saturated heterocycles. The third-order valence-electron chi connectivity index (χ3n) is 2.83. The first-order valence-electron chi connectivity index (χ1n) is 5.03. The van der Waals surface area contributed by atoms with Crippen LogP contribution in [-0.4, -0.2) is 12.1 Å². The van der Waals surface area contributed by atoms with E-state index in [0.29, 0.717) is 5.46 Å². The molecule has 2 rings (SSSR count). The minimum Gasteiger partial charge on any atom is -0.423 e. The van der Waals surface area contributed by atoms with Crippen LogP contribution in [0.15, 0.2) is 17.3 Å². The molecule has 1 N–H and O–H groups in total. The lowest BCUT2D eigenvalue weighted by Crippen LogP contribution is -2.28. The molecule has 4 nitrogen and oxygen atoms in total. The molecule has 0 spiro atoms. The number of hydrogen-bond donors (Lipinski definition) is 1. The van der Waals surface area contributed by atoms with Crippen LogP contribution in [0.1, 0.15) is 30.5 Å². The third-order valence-corrected chi connectivity index (χ3v) is 3.14. The van der Waals surface area contributed by atoms with E-state index in [0.717, 1.165) is 0 Å². The summed E-state index contributed by atoms with van der Waals surface area (Å²) >= 11 is 5.60. The van der Waals surface area contributed by atoms with E-state index in [9.17, 15) is 14.3 Å². The fourth-order valence-corrected chi connectivity index (χ4v) is 2.24. The topological polar surface area (TPSA) is 58.9 Å². The molecule has 0 amide bonds. The van der Waals surface area contributed by atoms with Crippen molar-refractivity contribution in [2.75, 3.05) is 0 Å². The van der Waals surface area contributed by atoms with Crippen LogP contribution in [0.5, 0.6) is 0 Å². The van der Waals surface area contributed by atoms with Gasteiger partial charge in [0.25, 0.3) is 0 Å². The van der Waals surface area contributed by atoms with Gasteiger partial charge < -0.3 is 9.68 Å². The van der Waals surface area contributed by atoms with Gasteiger partial charge in [-0.05, 0) is 24.5 Å². The van der Waals surface area contributed by atoms with Crippen molar-refractivity contribution < 1.29 is 14.1 Å². The summed E-state index contributed by atoms with van der Waals surface area (Å²) in [5, 5.41) is 12.2. The van der Waals surface area contributed by atoms with Gasteiger partial charge in [0.15, 0.2) is 5.50 Å². The van der Waals surface area contributed by atoms with E-state index in [1.807, 2.05) is 0 Å². The number of nitrogens with zero attached hydrogens (tertiary/aromatic N) is 1. The van der Waals surface area contributed by atoms with E-state index in [-0.39, 0.29) is 11.1 Å². The first kappa shape index (κ1) is 12.5. The summed E-state index contributed by atoms with van der Waals surface area (Å²) in [5.41, 5.74) is -1.68. The Kier molecular flexibility index (Phi) is 2.97. The number of hydrogen-bond acceptors (Lipinski definition) is 4. The Labute approximate surface area is 103 Å². The Balaban J connectivity index is 2.63. The molecule has 1 atom stereocenters. The molecule has 0 bridgehead atoms.